The van der Waals surface area contributed by atoms with Crippen LogP contribution in [0.15, 0.2) is 33.7 Å². The molecule has 5 nitrogen and oxygen atoms in total. The Morgan fingerprint density at radius 3 is 2.62 bits per heavy atom. The zero-order valence-electron chi connectivity index (χ0n) is 17.6. The van der Waals surface area contributed by atoms with Gasteiger partial charge in [-0.05, 0) is 48.6 Å². The topological polar surface area (TPSA) is 69.0 Å². The average molecular weight is 458 g/mol. The van der Waals surface area contributed by atoms with E-state index in [1.165, 1.54) is 5.56 Å². The molecule has 0 aliphatic carbocycles. The lowest BCUT2D eigenvalue weighted by molar-refractivity contribution is 0.0786. The predicted octanol–water partition coefficient (Wildman–Crippen LogP) is 5.28. The first-order valence-corrected chi connectivity index (χ1v) is 10.8. The van der Waals surface area contributed by atoms with Gasteiger partial charge in [0.2, 0.25) is 0 Å². The van der Waals surface area contributed by atoms with Crippen LogP contribution in [0.1, 0.15) is 65.9 Å². The number of fused-ring (bicyclic) bond motifs is 1. The van der Waals surface area contributed by atoms with Crippen LogP contribution < -0.4 is 5.56 Å². The van der Waals surface area contributed by atoms with Crippen LogP contribution in [-0.2, 0) is 13.0 Å². The average Bonchev–Trinajstić information content (AvgIpc) is 3.07. The van der Waals surface area contributed by atoms with Crippen LogP contribution in [0.2, 0.25) is 0 Å². The van der Waals surface area contributed by atoms with Gasteiger partial charge in [0.1, 0.15) is 0 Å². The Labute approximate surface area is 179 Å². The number of nitrogens with one attached hydrogen (secondary N) is 2. The summed E-state index contributed by atoms with van der Waals surface area (Å²) in [5.41, 5.74) is 5.01. The smallest absolute Gasteiger partial charge is 0.256 e. The molecule has 0 saturated carbocycles. The lowest BCUT2D eigenvalue weighted by Gasteiger charge is -2.20. The second-order valence-corrected chi connectivity index (χ2v) is 8.89. The number of aromatic amines is 2. The van der Waals surface area contributed by atoms with Gasteiger partial charge < -0.3 is 14.9 Å². The van der Waals surface area contributed by atoms with E-state index in [2.05, 4.69) is 46.7 Å². The van der Waals surface area contributed by atoms with E-state index >= 15 is 0 Å². The Balaban J connectivity index is 1.99. The number of hydrogen-bond acceptors (Lipinski definition) is 2. The van der Waals surface area contributed by atoms with Gasteiger partial charge >= 0.3 is 0 Å². The molecule has 0 atom stereocenters. The summed E-state index contributed by atoms with van der Waals surface area (Å²) < 4.78 is 0.864. The van der Waals surface area contributed by atoms with Crippen molar-refractivity contribution in [2.24, 2.45) is 0 Å². The Hall–Kier alpha value is -2.34. The van der Waals surface area contributed by atoms with Crippen LogP contribution in [0, 0.1) is 6.92 Å². The van der Waals surface area contributed by atoms with Crippen molar-refractivity contribution in [3.63, 3.8) is 0 Å². The van der Waals surface area contributed by atoms with Crippen molar-refractivity contribution in [1.29, 1.82) is 0 Å². The minimum atomic E-state index is -0.116. The molecule has 1 aromatic carbocycles. The molecule has 3 aromatic rings. The van der Waals surface area contributed by atoms with Crippen molar-refractivity contribution in [2.45, 2.75) is 53.0 Å². The number of carbonyl (C=O) groups is 1. The summed E-state index contributed by atoms with van der Waals surface area (Å²) in [6.45, 7) is 8.52. The summed E-state index contributed by atoms with van der Waals surface area (Å²) in [5, 5.41) is 1.05. The van der Waals surface area contributed by atoms with Crippen LogP contribution in [-0.4, -0.2) is 27.8 Å². The van der Waals surface area contributed by atoms with Gasteiger partial charge in [0.15, 0.2) is 0 Å². The molecular formula is C23H28BrN3O2. The maximum absolute atomic E-state index is 13.3. The summed E-state index contributed by atoms with van der Waals surface area (Å²) in [7, 11) is 1.75. The molecule has 0 bridgehead atoms. The van der Waals surface area contributed by atoms with Crippen LogP contribution in [0.4, 0.5) is 0 Å². The molecule has 0 aliphatic heterocycles. The first kappa shape index (κ1) is 21.4. The minimum Gasteiger partial charge on any atom is -0.360 e. The van der Waals surface area contributed by atoms with Gasteiger partial charge in [0.25, 0.3) is 11.5 Å². The van der Waals surface area contributed by atoms with Gasteiger partial charge in [0, 0.05) is 34.4 Å². The second kappa shape index (κ2) is 8.57. The monoisotopic (exact) mass is 457 g/mol. The third-order valence-electron chi connectivity index (χ3n) is 5.26. The van der Waals surface area contributed by atoms with E-state index in [1.807, 2.05) is 31.3 Å². The summed E-state index contributed by atoms with van der Waals surface area (Å²) in [5.74, 6) is 0.234. The second-order valence-electron chi connectivity index (χ2n) is 7.97. The summed E-state index contributed by atoms with van der Waals surface area (Å²) >= 11 is 3.55. The van der Waals surface area contributed by atoms with Crippen molar-refractivity contribution in [2.75, 3.05) is 7.05 Å². The third-order valence-corrected chi connectivity index (χ3v) is 5.72. The fourth-order valence-electron chi connectivity index (χ4n) is 3.83. The molecule has 2 aromatic heterocycles. The Bertz CT molecular complexity index is 1110. The number of nitrogens with zero attached hydrogens (tertiary/aromatic N) is 1. The number of aromatic nitrogens is 2. The molecule has 0 saturated heterocycles. The molecule has 0 unspecified atom stereocenters. The predicted molar refractivity (Wildman–Crippen MR) is 122 cm³/mol. The van der Waals surface area contributed by atoms with Crippen molar-refractivity contribution < 1.29 is 4.79 Å². The molecule has 0 aliphatic rings. The lowest BCUT2D eigenvalue weighted by atomic mass is 10.0. The highest BCUT2D eigenvalue weighted by atomic mass is 79.9. The molecule has 0 radical (unpaired) electrons. The molecular weight excluding hydrogens is 430 g/mol. The number of hydrogen-bond donors (Lipinski definition) is 2. The molecule has 2 N–H and O–H groups in total. The van der Waals surface area contributed by atoms with Crippen LogP contribution in [0.5, 0.6) is 0 Å². The number of benzene rings is 1. The maximum Gasteiger partial charge on any atom is 0.256 e. The van der Waals surface area contributed by atoms with Gasteiger partial charge in [-0.15, -0.1) is 0 Å². The minimum absolute atomic E-state index is 0.115. The van der Waals surface area contributed by atoms with E-state index < -0.39 is 0 Å². The molecule has 2 heterocycles. The highest BCUT2D eigenvalue weighted by molar-refractivity contribution is 9.10. The number of amides is 1. The summed E-state index contributed by atoms with van der Waals surface area (Å²) in [6.07, 6.45) is 3.74. The highest BCUT2D eigenvalue weighted by Crippen LogP contribution is 2.31. The van der Waals surface area contributed by atoms with Gasteiger partial charge in [-0.1, -0.05) is 43.1 Å². The van der Waals surface area contributed by atoms with Crippen LogP contribution in [0.25, 0.3) is 10.9 Å². The van der Waals surface area contributed by atoms with Gasteiger partial charge in [-0.25, -0.2) is 0 Å². The van der Waals surface area contributed by atoms with Crippen molar-refractivity contribution in [3.8, 4) is 0 Å². The molecule has 29 heavy (non-hydrogen) atoms. The third kappa shape index (κ3) is 4.32. The van der Waals surface area contributed by atoms with E-state index in [0.29, 0.717) is 17.0 Å². The quantitative estimate of drug-likeness (QED) is 0.528. The molecule has 3 rings (SSSR count). The molecule has 6 heteroatoms. The zero-order valence-corrected chi connectivity index (χ0v) is 19.2. The largest absolute Gasteiger partial charge is 0.360 e. The SMILES string of the molecule is CCCc1cc(C)[nH]c(=O)c1CN(C)C(=O)c1cc(Br)cc2c(C(C)C)c[nH]c12. The lowest BCUT2D eigenvalue weighted by Crippen LogP contribution is -2.30. The fraction of sp³-hybridized carbons (Fsp3) is 0.391. The molecule has 1 amide bonds. The van der Waals surface area contributed by atoms with Gasteiger partial charge in [-0.3, -0.25) is 9.59 Å². The number of carbonyl (C=O) groups excluding carboxylic acids is 1. The van der Waals surface area contributed by atoms with Gasteiger partial charge in [-0.2, -0.15) is 0 Å². The molecule has 0 fully saturated rings. The van der Waals surface area contributed by atoms with E-state index in [9.17, 15) is 9.59 Å². The van der Waals surface area contributed by atoms with E-state index in [0.717, 1.165) is 39.5 Å². The summed E-state index contributed by atoms with van der Waals surface area (Å²) in [6, 6.07) is 5.89. The van der Waals surface area contributed by atoms with Gasteiger partial charge in [0.05, 0.1) is 17.6 Å². The van der Waals surface area contributed by atoms with E-state index in [-0.39, 0.29) is 18.0 Å². The Kier molecular flexibility index (Phi) is 6.32. The number of aryl methyl sites for hydroxylation is 2. The number of H-pyrrole nitrogens is 2. The fourth-order valence-corrected chi connectivity index (χ4v) is 4.29. The maximum atomic E-state index is 13.3. The number of rotatable bonds is 6. The van der Waals surface area contributed by atoms with E-state index in [4.69, 9.17) is 0 Å². The highest BCUT2D eigenvalue weighted by Gasteiger charge is 2.21. The normalized spacial score (nSPS) is 11.4. The van der Waals surface area contributed by atoms with E-state index in [1.54, 1.807) is 11.9 Å². The standard InChI is InChI=1S/C23H28BrN3O2/c1-6-7-15-8-14(4)26-22(28)20(15)12-27(5)23(29)18-10-16(24)9-17-19(13(2)3)11-25-21(17)18/h8-11,13,25H,6-7,12H2,1-5H3,(H,26,28). The first-order chi connectivity index (χ1) is 13.7. The van der Waals surface area contributed by atoms with Crippen LogP contribution >= 0.6 is 15.9 Å². The molecule has 0 spiro atoms. The number of pyridine rings is 1. The van der Waals surface area contributed by atoms with Crippen molar-refractivity contribution in [1.82, 2.24) is 14.9 Å². The Morgan fingerprint density at radius 1 is 1.24 bits per heavy atom. The zero-order chi connectivity index (χ0) is 21.3. The summed E-state index contributed by atoms with van der Waals surface area (Å²) in [4.78, 5) is 33.7. The van der Waals surface area contributed by atoms with Crippen LogP contribution in [0.3, 0.4) is 0 Å². The Morgan fingerprint density at radius 2 is 1.97 bits per heavy atom. The van der Waals surface area contributed by atoms with Crippen molar-refractivity contribution >= 4 is 32.7 Å². The van der Waals surface area contributed by atoms with Crippen molar-refractivity contribution in [3.05, 3.63) is 67.2 Å². The molecule has 154 valence electrons. The first-order valence-electron chi connectivity index (χ1n) is 10.0. The number of halogens is 1.